The Kier molecular flexibility index (Phi) is 11.0. The van der Waals surface area contributed by atoms with E-state index in [0.29, 0.717) is 11.1 Å². The quantitative estimate of drug-likeness (QED) is 0.153. The lowest BCUT2D eigenvalue weighted by atomic mass is 9.93. The van der Waals surface area contributed by atoms with Crippen molar-refractivity contribution in [1.29, 1.82) is 5.26 Å². The number of hydrogen-bond acceptors (Lipinski definition) is 10. The van der Waals surface area contributed by atoms with Gasteiger partial charge in [0.1, 0.15) is 20.1 Å². The van der Waals surface area contributed by atoms with Crippen LogP contribution >= 0.6 is 8.53 Å². The fourth-order valence-corrected chi connectivity index (χ4v) is 5.87. The number of methoxy groups -OCH3 is 1. The number of benzene rings is 1. The van der Waals surface area contributed by atoms with Crippen LogP contribution in [0.15, 0.2) is 24.3 Å². The zero-order valence-corrected chi connectivity index (χ0v) is 22.6. The molecule has 2 aliphatic heterocycles. The van der Waals surface area contributed by atoms with E-state index in [1.807, 2.05) is 27.7 Å². The highest BCUT2D eigenvalue weighted by Gasteiger charge is 2.47. The van der Waals surface area contributed by atoms with E-state index in [1.165, 1.54) is 7.11 Å². The van der Waals surface area contributed by atoms with Gasteiger partial charge in [0.15, 0.2) is 6.29 Å². The van der Waals surface area contributed by atoms with E-state index in [9.17, 15) is 9.59 Å². The molecule has 200 valence electrons. The van der Waals surface area contributed by atoms with E-state index < -0.39 is 44.8 Å². The predicted molar refractivity (Wildman–Crippen MR) is 134 cm³/mol. The van der Waals surface area contributed by atoms with Gasteiger partial charge in [-0.1, -0.05) is 12.1 Å². The van der Waals surface area contributed by atoms with Crippen LogP contribution in [0.1, 0.15) is 54.8 Å². The largest absolute Gasteiger partial charge is 0.371 e. The van der Waals surface area contributed by atoms with Crippen LogP contribution in [-0.4, -0.2) is 92.9 Å². The van der Waals surface area contributed by atoms with Crippen molar-refractivity contribution in [3.63, 3.8) is 0 Å². The Labute approximate surface area is 220 Å². The molecule has 11 nitrogen and oxygen atoms in total. The fourth-order valence-electron chi connectivity index (χ4n) is 4.14. The summed E-state index contributed by atoms with van der Waals surface area (Å²) >= 11 is 0. The molecule has 0 aliphatic carbocycles. The molecule has 1 aromatic carbocycles. The van der Waals surface area contributed by atoms with Crippen LogP contribution in [-0.2, 0) is 28.1 Å². The molecule has 5 atom stereocenters. The van der Waals surface area contributed by atoms with E-state index in [0.717, 1.165) is 5.06 Å². The second-order valence-electron chi connectivity index (χ2n) is 8.94. The van der Waals surface area contributed by atoms with Gasteiger partial charge in [-0.05, 0) is 39.8 Å². The highest BCUT2D eigenvalue weighted by Crippen LogP contribution is 2.49. The van der Waals surface area contributed by atoms with Gasteiger partial charge >= 0.3 is 0 Å². The summed E-state index contributed by atoms with van der Waals surface area (Å²) in [5.41, 5.74) is 0.585. The lowest BCUT2D eigenvalue weighted by Gasteiger charge is -2.38. The Hall–Kier alpha value is -1.94. The van der Waals surface area contributed by atoms with Crippen LogP contribution in [0.2, 0.25) is 0 Å². The molecule has 0 saturated carbocycles. The van der Waals surface area contributed by atoms with Gasteiger partial charge in [0, 0.05) is 25.2 Å². The molecule has 3 rings (SSSR count). The summed E-state index contributed by atoms with van der Waals surface area (Å²) in [7, 11) is 6.04. The van der Waals surface area contributed by atoms with Gasteiger partial charge in [-0.15, -0.1) is 5.06 Å². The maximum Gasteiger partial charge on any atom is 0.285 e. The van der Waals surface area contributed by atoms with Gasteiger partial charge in [0.25, 0.3) is 20.3 Å². The average molecular weight is 533 g/mol. The number of nitrogens with zero attached hydrogens (tertiary/aromatic N) is 3. The normalized spacial score (nSPS) is 24.4. The molecular formula is C24H33BN3O8P. The van der Waals surface area contributed by atoms with Crippen molar-refractivity contribution in [2.24, 2.45) is 0 Å². The lowest BCUT2D eigenvalue weighted by Crippen LogP contribution is -2.41. The maximum atomic E-state index is 12.5. The van der Waals surface area contributed by atoms with Crippen LogP contribution in [0.3, 0.4) is 0 Å². The number of hydrogen-bond donors (Lipinski definition) is 0. The van der Waals surface area contributed by atoms with Crippen molar-refractivity contribution in [3.8, 4) is 6.07 Å². The maximum absolute atomic E-state index is 12.5. The minimum Gasteiger partial charge on any atom is -0.371 e. The smallest absolute Gasteiger partial charge is 0.285 e. The van der Waals surface area contributed by atoms with Crippen molar-refractivity contribution in [2.75, 3.05) is 26.9 Å². The minimum atomic E-state index is -1.61. The summed E-state index contributed by atoms with van der Waals surface area (Å²) in [5.74, 6) is -1.05. The number of ether oxygens (including phenoxy) is 3. The van der Waals surface area contributed by atoms with Crippen molar-refractivity contribution >= 4 is 28.2 Å². The molecule has 0 N–H and O–H groups in total. The first-order chi connectivity index (χ1) is 17.7. The zero-order valence-electron chi connectivity index (χ0n) is 21.7. The SMILES string of the molecule is [B]C1OC(OC)C(OP(OCCC#N)N(C(C)C)C(C)C)C1OCCON1C(=O)c2ccccc2C1=O. The number of rotatable bonds is 14. The van der Waals surface area contributed by atoms with Crippen LogP contribution in [0, 0.1) is 11.3 Å². The number of imide groups is 1. The van der Waals surface area contributed by atoms with Gasteiger partial charge in [0.2, 0.25) is 0 Å². The molecule has 0 spiro atoms. The monoisotopic (exact) mass is 533 g/mol. The third kappa shape index (κ3) is 6.94. The standard InChI is InChI=1S/C24H33BN3O8P/c1-15(2)28(16(3)4)37(34-12-8-11-26)36-20-19(21(25)35-24(20)31-5)32-13-14-33-27-22(29)17-9-6-7-10-18(17)23(27)30/h6-7,9-10,15-16,19-21,24H,8,12-14H2,1-5H3. The van der Waals surface area contributed by atoms with Crippen LogP contribution < -0.4 is 0 Å². The Bertz CT molecular complexity index is 935. The molecule has 37 heavy (non-hydrogen) atoms. The third-order valence-electron chi connectivity index (χ3n) is 5.68. The van der Waals surface area contributed by atoms with Gasteiger partial charge in [-0.2, -0.15) is 5.26 Å². The molecule has 2 radical (unpaired) electrons. The molecule has 0 bridgehead atoms. The molecule has 2 amide bonds. The topological polar surface area (TPSA) is 120 Å². The van der Waals surface area contributed by atoms with E-state index >= 15 is 0 Å². The highest BCUT2D eigenvalue weighted by molar-refractivity contribution is 7.44. The highest BCUT2D eigenvalue weighted by atomic mass is 31.2. The number of fused-ring (bicyclic) bond motifs is 1. The summed E-state index contributed by atoms with van der Waals surface area (Å²) in [6.45, 7) is 8.23. The first kappa shape index (κ1) is 29.6. The Morgan fingerprint density at radius 3 is 2.24 bits per heavy atom. The lowest BCUT2D eigenvalue weighted by molar-refractivity contribution is -0.137. The van der Waals surface area contributed by atoms with Crippen LogP contribution in [0.4, 0.5) is 0 Å². The Morgan fingerprint density at radius 1 is 1.08 bits per heavy atom. The number of hydroxylamine groups is 2. The van der Waals surface area contributed by atoms with Crippen LogP contribution in [0.5, 0.6) is 0 Å². The molecule has 2 heterocycles. The van der Waals surface area contributed by atoms with Crippen molar-refractivity contribution in [2.45, 2.75) is 70.7 Å². The summed E-state index contributed by atoms with van der Waals surface area (Å²) < 4.78 is 31.5. The summed E-state index contributed by atoms with van der Waals surface area (Å²) in [5, 5.41) is 9.68. The molecule has 0 aromatic heterocycles. The first-order valence-corrected chi connectivity index (χ1v) is 13.2. The van der Waals surface area contributed by atoms with Gasteiger partial charge in [-0.25, -0.2) is 4.67 Å². The number of nitriles is 1. The van der Waals surface area contributed by atoms with Gasteiger partial charge in [0.05, 0.1) is 43.4 Å². The van der Waals surface area contributed by atoms with Gasteiger partial charge in [-0.3, -0.25) is 14.4 Å². The Balaban J connectivity index is 1.64. The van der Waals surface area contributed by atoms with Crippen molar-refractivity contribution in [1.82, 2.24) is 9.73 Å². The molecule has 1 saturated heterocycles. The molecule has 1 aromatic rings. The zero-order chi connectivity index (χ0) is 27.1. The predicted octanol–water partition coefficient (Wildman–Crippen LogP) is 2.76. The molecule has 1 fully saturated rings. The minimum absolute atomic E-state index is 0.00326. The Morgan fingerprint density at radius 2 is 1.70 bits per heavy atom. The summed E-state index contributed by atoms with van der Waals surface area (Å²) in [4.78, 5) is 30.4. The number of carbonyl (C=O) groups is 2. The second-order valence-corrected chi connectivity index (χ2v) is 10.3. The second kappa shape index (κ2) is 13.7. The molecule has 5 unspecified atom stereocenters. The number of carbonyl (C=O) groups excluding carboxylic acids is 2. The summed E-state index contributed by atoms with van der Waals surface area (Å²) in [6.07, 6.45) is -2.09. The average Bonchev–Trinajstić information content (AvgIpc) is 3.29. The van der Waals surface area contributed by atoms with E-state index in [-0.39, 0.29) is 38.3 Å². The van der Waals surface area contributed by atoms with E-state index in [2.05, 4.69) is 10.7 Å². The molecule has 2 aliphatic rings. The molecular weight excluding hydrogens is 500 g/mol. The van der Waals surface area contributed by atoms with Crippen molar-refractivity contribution in [3.05, 3.63) is 35.4 Å². The summed E-state index contributed by atoms with van der Waals surface area (Å²) in [6, 6.07) is 7.91. The number of amides is 2. The fraction of sp³-hybridized carbons (Fsp3) is 0.625. The third-order valence-corrected chi connectivity index (χ3v) is 7.81. The molecule has 13 heteroatoms. The first-order valence-electron chi connectivity index (χ1n) is 12.1. The van der Waals surface area contributed by atoms with E-state index in [1.54, 1.807) is 24.3 Å². The van der Waals surface area contributed by atoms with E-state index in [4.69, 9.17) is 41.2 Å². The van der Waals surface area contributed by atoms with Crippen LogP contribution in [0.25, 0.3) is 0 Å². The van der Waals surface area contributed by atoms with Crippen molar-refractivity contribution < 1.29 is 37.7 Å². The van der Waals surface area contributed by atoms with Gasteiger partial charge < -0.3 is 23.3 Å².